The minimum absolute atomic E-state index is 0.0902. The third-order valence-electron chi connectivity index (χ3n) is 4.88. The molecule has 3 N–H and O–H groups in total. The number of amides is 2. The Morgan fingerprint density at radius 2 is 1.57 bits per heavy atom. The molecule has 0 radical (unpaired) electrons. The van der Waals surface area contributed by atoms with Gasteiger partial charge in [0.25, 0.3) is 11.8 Å². The molecule has 192 valence electrons. The number of thiocarbonyl (C=S) groups is 1. The molecule has 0 aromatic heterocycles. The first-order valence-electron chi connectivity index (χ1n) is 11.5. The Balaban J connectivity index is 1.38. The number of rotatable bonds is 10. The summed E-state index contributed by atoms with van der Waals surface area (Å²) < 4.78 is 16.0. The topological polar surface area (TPSA) is 115 Å². The lowest BCUT2D eigenvalue weighted by Crippen LogP contribution is -2.49. The molecule has 0 aliphatic rings. The van der Waals surface area contributed by atoms with Gasteiger partial charge < -0.3 is 14.2 Å². The van der Waals surface area contributed by atoms with Crippen LogP contribution in [0.5, 0.6) is 11.5 Å². The van der Waals surface area contributed by atoms with Crippen molar-refractivity contribution in [2.45, 2.75) is 13.3 Å². The summed E-state index contributed by atoms with van der Waals surface area (Å²) in [4.78, 5) is 36.2. The molecule has 0 saturated carbocycles. The molecule has 10 heteroatoms. The maximum atomic E-state index is 12.5. The van der Waals surface area contributed by atoms with Crippen molar-refractivity contribution >= 4 is 35.1 Å². The van der Waals surface area contributed by atoms with E-state index in [4.69, 9.17) is 26.4 Å². The van der Waals surface area contributed by atoms with Crippen molar-refractivity contribution in [3.8, 4) is 11.5 Å². The van der Waals surface area contributed by atoms with Gasteiger partial charge >= 0.3 is 5.97 Å². The molecule has 0 spiro atoms. The van der Waals surface area contributed by atoms with Crippen LogP contribution >= 0.6 is 12.2 Å². The van der Waals surface area contributed by atoms with E-state index in [1.807, 2.05) is 30.3 Å². The molecule has 9 nitrogen and oxygen atoms in total. The molecule has 37 heavy (non-hydrogen) atoms. The van der Waals surface area contributed by atoms with Crippen LogP contribution < -0.4 is 25.6 Å². The van der Waals surface area contributed by atoms with Gasteiger partial charge in [-0.3, -0.25) is 25.8 Å². The third kappa shape index (κ3) is 9.26. The van der Waals surface area contributed by atoms with Crippen LogP contribution in [0.1, 0.15) is 33.2 Å². The van der Waals surface area contributed by atoms with Gasteiger partial charge in [0.05, 0.1) is 18.8 Å². The Hall–Kier alpha value is -4.44. The Bertz CT molecular complexity index is 1220. The van der Waals surface area contributed by atoms with Gasteiger partial charge in [0, 0.05) is 12.0 Å². The number of nitrogens with one attached hydrogen (secondary N) is 3. The Morgan fingerprint density at radius 1 is 0.811 bits per heavy atom. The molecule has 0 aliphatic heterocycles. The zero-order valence-corrected chi connectivity index (χ0v) is 21.0. The average molecular weight is 522 g/mol. The fourth-order valence-corrected chi connectivity index (χ4v) is 3.22. The largest absolute Gasteiger partial charge is 0.493 e. The van der Waals surface area contributed by atoms with E-state index in [-0.39, 0.29) is 18.3 Å². The van der Waals surface area contributed by atoms with Crippen LogP contribution in [0, 0.1) is 0 Å². The molecule has 3 rings (SSSR count). The number of hydrazine groups is 1. The fraction of sp³-hybridized carbons (Fsp3) is 0.185. The van der Waals surface area contributed by atoms with Gasteiger partial charge in [-0.1, -0.05) is 36.4 Å². The van der Waals surface area contributed by atoms with E-state index in [1.54, 1.807) is 43.3 Å². The minimum atomic E-state index is -0.528. The van der Waals surface area contributed by atoms with E-state index in [0.29, 0.717) is 29.2 Å². The lowest BCUT2D eigenvalue weighted by molar-refractivity contribution is -0.123. The Labute approximate surface area is 220 Å². The van der Waals surface area contributed by atoms with Gasteiger partial charge in [-0.15, -0.1) is 0 Å². The summed E-state index contributed by atoms with van der Waals surface area (Å²) in [6, 6.07) is 22.9. The normalized spacial score (nSPS) is 10.1. The van der Waals surface area contributed by atoms with Crippen LogP contribution in [0.3, 0.4) is 0 Å². The lowest BCUT2D eigenvalue weighted by atomic mass is 10.2. The SMILES string of the molecule is CCOC(=O)c1ccc(OCC(=O)NNC(=S)NC(=O)c2cccc(OCCc3ccccc3)c2)cc1. The number of esters is 1. The smallest absolute Gasteiger partial charge is 0.338 e. The average Bonchev–Trinajstić information content (AvgIpc) is 2.92. The lowest BCUT2D eigenvalue weighted by Gasteiger charge is -2.12. The van der Waals surface area contributed by atoms with Crippen molar-refractivity contribution in [1.29, 1.82) is 0 Å². The van der Waals surface area contributed by atoms with Crippen LogP contribution in [0.2, 0.25) is 0 Å². The number of carbonyl (C=O) groups is 3. The molecule has 0 heterocycles. The monoisotopic (exact) mass is 521 g/mol. The van der Waals surface area contributed by atoms with Gasteiger partial charge in [0.1, 0.15) is 11.5 Å². The second kappa shape index (κ2) is 14.2. The van der Waals surface area contributed by atoms with E-state index >= 15 is 0 Å². The highest BCUT2D eigenvalue weighted by Crippen LogP contribution is 2.14. The molecule has 0 saturated heterocycles. The van der Waals surface area contributed by atoms with E-state index < -0.39 is 17.8 Å². The summed E-state index contributed by atoms with van der Waals surface area (Å²) in [5.74, 6) is -0.472. The quantitative estimate of drug-likeness (QED) is 0.212. The predicted molar refractivity (Wildman–Crippen MR) is 141 cm³/mol. The predicted octanol–water partition coefficient (Wildman–Crippen LogP) is 3.20. The highest BCUT2D eigenvalue weighted by molar-refractivity contribution is 7.80. The minimum Gasteiger partial charge on any atom is -0.493 e. The zero-order chi connectivity index (χ0) is 26.5. The highest BCUT2D eigenvalue weighted by Gasteiger charge is 2.11. The first-order chi connectivity index (χ1) is 17.9. The van der Waals surface area contributed by atoms with Gasteiger partial charge in [-0.2, -0.15) is 0 Å². The molecule has 0 atom stereocenters. The van der Waals surface area contributed by atoms with Crippen LogP contribution in [-0.2, 0) is 16.0 Å². The first-order valence-corrected chi connectivity index (χ1v) is 11.9. The van der Waals surface area contributed by atoms with Crippen LogP contribution in [-0.4, -0.2) is 42.7 Å². The van der Waals surface area contributed by atoms with Crippen LogP contribution in [0.15, 0.2) is 78.9 Å². The van der Waals surface area contributed by atoms with Crippen LogP contribution in [0.4, 0.5) is 0 Å². The van der Waals surface area contributed by atoms with Crippen molar-refractivity contribution in [2.24, 2.45) is 0 Å². The summed E-state index contributed by atoms with van der Waals surface area (Å²) in [6.07, 6.45) is 0.744. The second-order valence-corrected chi connectivity index (χ2v) is 8.01. The second-order valence-electron chi connectivity index (χ2n) is 7.60. The molecule has 3 aromatic carbocycles. The maximum absolute atomic E-state index is 12.5. The molecular weight excluding hydrogens is 494 g/mol. The molecule has 0 fully saturated rings. The van der Waals surface area contributed by atoms with Crippen molar-refractivity contribution in [3.63, 3.8) is 0 Å². The maximum Gasteiger partial charge on any atom is 0.338 e. The van der Waals surface area contributed by atoms with E-state index in [2.05, 4.69) is 16.2 Å². The molecule has 0 aliphatic carbocycles. The Kier molecular flexibility index (Phi) is 10.4. The Morgan fingerprint density at radius 3 is 2.30 bits per heavy atom. The van der Waals surface area contributed by atoms with Crippen molar-refractivity contribution < 1.29 is 28.6 Å². The zero-order valence-electron chi connectivity index (χ0n) is 20.2. The molecule has 0 bridgehead atoms. The highest BCUT2D eigenvalue weighted by atomic mass is 32.1. The number of benzene rings is 3. The summed E-state index contributed by atoms with van der Waals surface area (Å²) in [6.45, 7) is 2.16. The van der Waals surface area contributed by atoms with Crippen molar-refractivity contribution in [2.75, 3.05) is 19.8 Å². The van der Waals surface area contributed by atoms with Gasteiger partial charge in [-0.25, -0.2) is 4.79 Å². The molecule has 2 amide bonds. The molecular formula is C27H27N3O6S. The van der Waals surface area contributed by atoms with Gasteiger partial charge in [-0.05, 0) is 67.2 Å². The number of hydrogen-bond donors (Lipinski definition) is 3. The number of carbonyl (C=O) groups excluding carboxylic acids is 3. The van der Waals surface area contributed by atoms with E-state index in [9.17, 15) is 14.4 Å². The van der Waals surface area contributed by atoms with E-state index in [1.165, 1.54) is 12.1 Å². The van der Waals surface area contributed by atoms with Crippen molar-refractivity contribution in [1.82, 2.24) is 16.2 Å². The summed E-state index contributed by atoms with van der Waals surface area (Å²) in [7, 11) is 0. The first kappa shape index (κ1) is 27.2. The molecule has 3 aromatic rings. The van der Waals surface area contributed by atoms with Crippen LogP contribution in [0.25, 0.3) is 0 Å². The molecule has 0 unspecified atom stereocenters. The standard InChI is InChI=1S/C27H27N3O6S/c1-2-34-26(33)20-11-13-22(14-12-20)36-18-24(31)29-30-27(37)28-25(32)21-9-6-10-23(17-21)35-16-15-19-7-4-3-5-8-19/h3-14,17H,2,15-16,18H2,1H3,(H,29,31)(H2,28,30,32,37). The summed E-state index contributed by atoms with van der Waals surface area (Å²) in [5.41, 5.74) is 6.68. The van der Waals surface area contributed by atoms with Gasteiger partial charge in [0.15, 0.2) is 11.7 Å². The fourth-order valence-electron chi connectivity index (χ4n) is 3.08. The van der Waals surface area contributed by atoms with Gasteiger partial charge in [0.2, 0.25) is 0 Å². The number of hydrogen-bond acceptors (Lipinski definition) is 7. The number of ether oxygens (including phenoxy) is 3. The van der Waals surface area contributed by atoms with Crippen molar-refractivity contribution in [3.05, 3.63) is 95.6 Å². The third-order valence-corrected chi connectivity index (χ3v) is 5.08. The van der Waals surface area contributed by atoms with E-state index in [0.717, 1.165) is 12.0 Å². The summed E-state index contributed by atoms with van der Waals surface area (Å²) >= 11 is 5.07. The summed E-state index contributed by atoms with van der Waals surface area (Å²) in [5, 5.41) is 2.40.